The fourth-order valence-electron chi connectivity index (χ4n) is 2.01. The van der Waals surface area contributed by atoms with Crippen molar-refractivity contribution < 1.29 is 19.4 Å². The van der Waals surface area contributed by atoms with E-state index in [9.17, 15) is 9.59 Å². The zero-order chi connectivity index (χ0) is 13.3. The highest BCUT2D eigenvalue weighted by atomic mass is 16.5. The van der Waals surface area contributed by atoms with Crippen molar-refractivity contribution in [2.24, 2.45) is 5.73 Å². The van der Waals surface area contributed by atoms with E-state index in [4.69, 9.17) is 15.6 Å². The van der Waals surface area contributed by atoms with Gasteiger partial charge in [0.15, 0.2) is 0 Å². The summed E-state index contributed by atoms with van der Waals surface area (Å²) in [5.41, 5.74) is 6.11. The quantitative estimate of drug-likeness (QED) is 0.812. The topological polar surface area (TPSA) is 92.9 Å². The largest absolute Gasteiger partial charge is 0.497 e. The number of anilines is 1. The average Bonchev–Trinajstić information content (AvgIpc) is 2.67. The lowest BCUT2D eigenvalue weighted by Gasteiger charge is -2.19. The van der Waals surface area contributed by atoms with Gasteiger partial charge in [-0.3, -0.25) is 4.79 Å². The first-order valence-corrected chi connectivity index (χ1v) is 5.50. The maximum absolute atomic E-state index is 11.8. The first kappa shape index (κ1) is 12.4. The number of aromatic carboxylic acids is 1. The van der Waals surface area contributed by atoms with E-state index in [0.717, 1.165) is 0 Å². The normalized spacial score (nSPS) is 19.1. The van der Waals surface area contributed by atoms with Crippen molar-refractivity contribution in [1.82, 2.24) is 0 Å². The molecule has 96 valence electrons. The van der Waals surface area contributed by atoms with Crippen LogP contribution in [0.5, 0.6) is 5.75 Å². The van der Waals surface area contributed by atoms with E-state index >= 15 is 0 Å². The highest BCUT2D eigenvalue weighted by Crippen LogP contribution is 2.29. The molecule has 1 aromatic rings. The molecule has 1 aliphatic rings. The number of nitrogens with zero attached hydrogens (tertiary/aromatic N) is 1. The highest BCUT2D eigenvalue weighted by Gasteiger charge is 2.30. The summed E-state index contributed by atoms with van der Waals surface area (Å²) in [6, 6.07) is 4.26. The van der Waals surface area contributed by atoms with Crippen LogP contribution in [-0.4, -0.2) is 36.7 Å². The molecule has 1 unspecified atom stereocenters. The maximum Gasteiger partial charge on any atom is 0.337 e. The van der Waals surface area contributed by atoms with E-state index in [1.165, 1.54) is 18.1 Å². The van der Waals surface area contributed by atoms with Crippen LogP contribution in [0.1, 0.15) is 16.8 Å². The number of methoxy groups -OCH3 is 1. The maximum atomic E-state index is 11.8. The van der Waals surface area contributed by atoms with Crippen molar-refractivity contribution in [2.45, 2.75) is 12.5 Å². The summed E-state index contributed by atoms with van der Waals surface area (Å²) in [5.74, 6) is -0.748. The molecule has 1 saturated heterocycles. The molecular weight excluding hydrogens is 236 g/mol. The number of hydrogen-bond donors (Lipinski definition) is 2. The monoisotopic (exact) mass is 250 g/mol. The molecule has 1 aliphatic heterocycles. The van der Waals surface area contributed by atoms with E-state index in [1.807, 2.05) is 0 Å². The first-order chi connectivity index (χ1) is 8.52. The second kappa shape index (κ2) is 4.66. The Bertz CT molecular complexity index is 501. The molecule has 2 rings (SSSR count). The van der Waals surface area contributed by atoms with E-state index < -0.39 is 5.97 Å². The smallest absolute Gasteiger partial charge is 0.337 e. The Kier molecular flexibility index (Phi) is 3.20. The van der Waals surface area contributed by atoms with Crippen LogP contribution in [0.4, 0.5) is 5.69 Å². The average molecular weight is 250 g/mol. The number of carboxylic acids is 1. The van der Waals surface area contributed by atoms with Gasteiger partial charge in [-0.05, 0) is 12.1 Å². The van der Waals surface area contributed by atoms with E-state index in [-0.39, 0.29) is 23.9 Å². The van der Waals surface area contributed by atoms with Crippen molar-refractivity contribution in [2.75, 3.05) is 18.6 Å². The van der Waals surface area contributed by atoms with Crippen LogP contribution in [-0.2, 0) is 4.79 Å². The lowest BCUT2D eigenvalue weighted by atomic mass is 10.1. The molecule has 18 heavy (non-hydrogen) atoms. The summed E-state index contributed by atoms with van der Waals surface area (Å²) in [7, 11) is 1.48. The van der Waals surface area contributed by atoms with Crippen molar-refractivity contribution in [3.63, 3.8) is 0 Å². The lowest BCUT2D eigenvalue weighted by molar-refractivity contribution is -0.117. The van der Waals surface area contributed by atoms with Crippen molar-refractivity contribution >= 4 is 17.6 Å². The summed E-state index contributed by atoms with van der Waals surface area (Å²) in [6.45, 7) is 0.326. The van der Waals surface area contributed by atoms with Gasteiger partial charge in [-0.15, -0.1) is 0 Å². The van der Waals surface area contributed by atoms with Crippen molar-refractivity contribution in [3.05, 3.63) is 23.8 Å². The number of carbonyl (C=O) groups is 2. The highest BCUT2D eigenvalue weighted by molar-refractivity contribution is 6.03. The first-order valence-electron chi connectivity index (χ1n) is 5.50. The fraction of sp³-hybridized carbons (Fsp3) is 0.333. The van der Waals surface area contributed by atoms with Crippen LogP contribution in [0.15, 0.2) is 18.2 Å². The van der Waals surface area contributed by atoms with Gasteiger partial charge in [0.25, 0.3) is 0 Å². The third kappa shape index (κ3) is 2.14. The minimum absolute atomic E-state index is 0.0678. The molecule has 1 heterocycles. The van der Waals surface area contributed by atoms with Gasteiger partial charge < -0.3 is 20.5 Å². The third-order valence-corrected chi connectivity index (χ3v) is 2.88. The molecule has 1 aromatic carbocycles. The number of carbonyl (C=O) groups excluding carboxylic acids is 1. The van der Waals surface area contributed by atoms with Crippen molar-refractivity contribution in [1.29, 1.82) is 0 Å². The summed E-state index contributed by atoms with van der Waals surface area (Å²) in [4.78, 5) is 24.3. The predicted molar refractivity (Wildman–Crippen MR) is 64.9 cm³/mol. The molecule has 0 spiro atoms. The number of hydrogen-bond acceptors (Lipinski definition) is 4. The van der Waals surface area contributed by atoms with Gasteiger partial charge in [0.05, 0.1) is 18.4 Å². The van der Waals surface area contributed by atoms with Gasteiger partial charge in [0, 0.05) is 25.1 Å². The van der Waals surface area contributed by atoms with Crippen LogP contribution >= 0.6 is 0 Å². The molecule has 0 aromatic heterocycles. The van der Waals surface area contributed by atoms with Gasteiger partial charge in [-0.2, -0.15) is 0 Å². The Morgan fingerprint density at radius 1 is 1.56 bits per heavy atom. The summed E-state index contributed by atoms with van der Waals surface area (Å²) in [6.07, 6.45) is 0.232. The molecule has 1 fully saturated rings. The SMILES string of the molecule is COc1ccc(C(=O)O)c(N2CC(N)CC2=O)c1. The van der Waals surface area contributed by atoms with E-state index in [2.05, 4.69) is 0 Å². The summed E-state index contributed by atoms with van der Waals surface area (Å²) in [5, 5.41) is 9.13. The Morgan fingerprint density at radius 3 is 2.78 bits per heavy atom. The Balaban J connectivity index is 2.47. The third-order valence-electron chi connectivity index (χ3n) is 2.88. The molecule has 3 N–H and O–H groups in total. The Labute approximate surface area is 104 Å². The van der Waals surface area contributed by atoms with Gasteiger partial charge in [0.1, 0.15) is 5.75 Å². The second-order valence-corrected chi connectivity index (χ2v) is 4.16. The molecule has 1 atom stereocenters. The molecule has 1 amide bonds. The number of benzene rings is 1. The number of nitrogens with two attached hydrogens (primary N) is 1. The molecule has 6 nitrogen and oxygen atoms in total. The minimum Gasteiger partial charge on any atom is -0.497 e. The Hall–Kier alpha value is -2.08. The van der Waals surface area contributed by atoms with Crippen LogP contribution < -0.4 is 15.4 Å². The van der Waals surface area contributed by atoms with Crippen LogP contribution in [0.3, 0.4) is 0 Å². The minimum atomic E-state index is -1.08. The summed E-state index contributed by atoms with van der Waals surface area (Å²) < 4.78 is 5.05. The van der Waals surface area contributed by atoms with E-state index in [1.54, 1.807) is 12.1 Å². The predicted octanol–water partition coefficient (Wildman–Crippen LogP) is 0.457. The molecule has 0 saturated carbocycles. The molecule has 0 aliphatic carbocycles. The van der Waals surface area contributed by atoms with Gasteiger partial charge in [-0.1, -0.05) is 0 Å². The number of rotatable bonds is 3. The number of ether oxygens (including phenoxy) is 1. The number of amides is 1. The van der Waals surface area contributed by atoms with Gasteiger partial charge >= 0.3 is 5.97 Å². The zero-order valence-corrected chi connectivity index (χ0v) is 9.92. The van der Waals surface area contributed by atoms with Crippen LogP contribution in [0, 0.1) is 0 Å². The van der Waals surface area contributed by atoms with Gasteiger partial charge in [0.2, 0.25) is 5.91 Å². The number of carboxylic acid groups (broad SMARTS) is 1. The van der Waals surface area contributed by atoms with Crippen LogP contribution in [0.2, 0.25) is 0 Å². The fourth-order valence-corrected chi connectivity index (χ4v) is 2.01. The molecule has 0 radical (unpaired) electrons. The van der Waals surface area contributed by atoms with Crippen LogP contribution in [0.25, 0.3) is 0 Å². The summed E-state index contributed by atoms with van der Waals surface area (Å²) >= 11 is 0. The molecule has 6 heteroatoms. The Morgan fingerprint density at radius 2 is 2.28 bits per heavy atom. The standard InChI is InChI=1S/C12H14N2O4/c1-18-8-2-3-9(12(16)17)10(5-8)14-6-7(13)4-11(14)15/h2-3,5,7H,4,6,13H2,1H3,(H,16,17). The zero-order valence-electron chi connectivity index (χ0n) is 9.92. The molecule has 0 bridgehead atoms. The second-order valence-electron chi connectivity index (χ2n) is 4.16. The lowest BCUT2D eigenvalue weighted by Crippen LogP contribution is -2.29. The molecular formula is C12H14N2O4. The van der Waals surface area contributed by atoms with E-state index in [0.29, 0.717) is 18.0 Å². The van der Waals surface area contributed by atoms with Crippen molar-refractivity contribution in [3.8, 4) is 5.75 Å². The van der Waals surface area contributed by atoms with Gasteiger partial charge in [-0.25, -0.2) is 4.79 Å².